The van der Waals surface area contributed by atoms with Gasteiger partial charge in [0.2, 0.25) is 0 Å². The molecule has 0 radical (unpaired) electrons. The molecule has 0 bridgehead atoms. The summed E-state index contributed by atoms with van der Waals surface area (Å²) >= 11 is 0. The molecule has 0 amide bonds. The number of anilines is 1. The van der Waals surface area contributed by atoms with Gasteiger partial charge in [0, 0.05) is 59.1 Å². The van der Waals surface area contributed by atoms with Crippen molar-refractivity contribution in [1.29, 1.82) is 0 Å². The van der Waals surface area contributed by atoms with Gasteiger partial charge in [-0.25, -0.2) is 4.98 Å². The molecule has 1 unspecified atom stereocenters. The molecular weight excluding hydrogens is 507 g/mol. The Morgan fingerprint density at radius 3 is 2.48 bits per heavy atom. The van der Waals surface area contributed by atoms with E-state index in [4.69, 9.17) is 9.15 Å². The minimum Gasteiger partial charge on any atom is -0.465 e. The first-order valence-electron chi connectivity index (χ1n) is 10.7. The summed E-state index contributed by atoms with van der Waals surface area (Å²) in [4.78, 5) is 16.1. The molecule has 2 aliphatic heterocycles. The number of piperazine rings is 1. The van der Waals surface area contributed by atoms with Crippen LogP contribution in [0.1, 0.15) is 17.6 Å². The number of guanidine groups is 1. The second kappa shape index (κ2) is 11.7. The SMILES string of the molecule is CN=C(NCC(c1ccc(C)o1)N1CCOCC1)N1CCN(c2ccccn2)CC1.I. The van der Waals surface area contributed by atoms with Crippen molar-refractivity contribution in [2.24, 2.45) is 4.99 Å². The Balaban J connectivity index is 0.00000272. The number of aromatic nitrogens is 1. The number of aryl methyl sites for hydroxylation is 1. The fraction of sp³-hybridized carbons (Fsp3) is 0.545. The number of aliphatic imine (C=N–C) groups is 1. The number of hydrogen-bond donors (Lipinski definition) is 1. The minimum atomic E-state index is 0. The van der Waals surface area contributed by atoms with E-state index in [1.165, 1.54) is 0 Å². The second-order valence-corrected chi connectivity index (χ2v) is 7.70. The molecule has 2 aromatic rings. The van der Waals surface area contributed by atoms with Crippen LogP contribution in [0.5, 0.6) is 0 Å². The molecule has 0 saturated carbocycles. The lowest BCUT2D eigenvalue weighted by Crippen LogP contribution is -2.54. The lowest BCUT2D eigenvalue weighted by atomic mass is 10.1. The summed E-state index contributed by atoms with van der Waals surface area (Å²) < 4.78 is 11.5. The van der Waals surface area contributed by atoms with Crippen LogP contribution in [0, 0.1) is 6.92 Å². The topological polar surface area (TPSA) is 69.4 Å². The summed E-state index contributed by atoms with van der Waals surface area (Å²) in [6, 6.07) is 10.4. The van der Waals surface area contributed by atoms with Crippen molar-refractivity contribution < 1.29 is 9.15 Å². The van der Waals surface area contributed by atoms with Crippen LogP contribution < -0.4 is 10.2 Å². The molecule has 2 aromatic heterocycles. The zero-order valence-electron chi connectivity index (χ0n) is 18.4. The number of nitrogens with zero attached hydrogens (tertiary/aromatic N) is 5. The molecular formula is C22H33IN6O2. The van der Waals surface area contributed by atoms with Gasteiger partial charge in [-0.3, -0.25) is 9.89 Å². The number of pyridine rings is 1. The highest BCUT2D eigenvalue weighted by Crippen LogP contribution is 2.23. The van der Waals surface area contributed by atoms with E-state index in [9.17, 15) is 0 Å². The normalized spacial score (nSPS) is 19.1. The summed E-state index contributed by atoms with van der Waals surface area (Å²) in [6.07, 6.45) is 1.85. The highest BCUT2D eigenvalue weighted by molar-refractivity contribution is 14.0. The van der Waals surface area contributed by atoms with Gasteiger partial charge in [0.25, 0.3) is 0 Å². The highest BCUT2D eigenvalue weighted by Gasteiger charge is 2.27. The summed E-state index contributed by atoms with van der Waals surface area (Å²) in [5.41, 5.74) is 0. The lowest BCUT2D eigenvalue weighted by molar-refractivity contribution is 0.0123. The van der Waals surface area contributed by atoms with E-state index in [0.717, 1.165) is 82.3 Å². The van der Waals surface area contributed by atoms with E-state index in [1.54, 1.807) is 0 Å². The zero-order chi connectivity index (χ0) is 20.8. The van der Waals surface area contributed by atoms with Gasteiger partial charge in [-0.15, -0.1) is 24.0 Å². The van der Waals surface area contributed by atoms with Gasteiger partial charge in [0.15, 0.2) is 5.96 Å². The van der Waals surface area contributed by atoms with Gasteiger partial charge in [-0.1, -0.05) is 6.07 Å². The molecule has 31 heavy (non-hydrogen) atoms. The van der Waals surface area contributed by atoms with Gasteiger partial charge in [-0.05, 0) is 31.2 Å². The average molecular weight is 540 g/mol. The predicted octanol–water partition coefficient (Wildman–Crippen LogP) is 2.37. The van der Waals surface area contributed by atoms with E-state index in [2.05, 4.69) is 42.1 Å². The molecule has 0 spiro atoms. The Morgan fingerprint density at radius 1 is 1.10 bits per heavy atom. The molecule has 2 aliphatic rings. The van der Waals surface area contributed by atoms with Crippen molar-refractivity contribution in [3.63, 3.8) is 0 Å². The molecule has 1 atom stereocenters. The summed E-state index contributed by atoms with van der Waals surface area (Å²) in [5, 5.41) is 3.60. The largest absolute Gasteiger partial charge is 0.465 e. The lowest BCUT2D eigenvalue weighted by Gasteiger charge is -2.38. The Bertz CT molecular complexity index is 816. The fourth-order valence-corrected chi connectivity index (χ4v) is 4.14. The van der Waals surface area contributed by atoms with Gasteiger partial charge < -0.3 is 24.3 Å². The quantitative estimate of drug-likeness (QED) is 0.355. The Hall–Kier alpha value is -1.85. The van der Waals surface area contributed by atoms with E-state index in [0.29, 0.717) is 0 Å². The smallest absolute Gasteiger partial charge is 0.193 e. The number of morpholine rings is 1. The predicted molar refractivity (Wildman–Crippen MR) is 133 cm³/mol. The van der Waals surface area contributed by atoms with Gasteiger partial charge in [0.1, 0.15) is 17.3 Å². The Morgan fingerprint density at radius 2 is 1.87 bits per heavy atom. The average Bonchev–Trinajstić information content (AvgIpc) is 3.24. The fourth-order valence-electron chi connectivity index (χ4n) is 4.14. The van der Waals surface area contributed by atoms with Crippen LogP contribution in [-0.4, -0.2) is 86.8 Å². The van der Waals surface area contributed by atoms with Crippen molar-refractivity contribution in [2.75, 3.05) is 71.0 Å². The van der Waals surface area contributed by atoms with Gasteiger partial charge >= 0.3 is 0 Å². The summed E-state index contributed by atoms with van der Waals surface area (Å²) in [6.45, 7) is 9.79. The third-order valence-corrected chi connectivity index (χ3v) is 5.79. The number of furan rings is 1. The standard InChI is InChI=1S/C22H32N6O2.HI/c1-18-6-7-20(30-18)19(26-13-15-29-16-14-26)17-25-22(23-2)28-11-9-27(10-12-28)21-5-3-4-8-24-21;/h3-8,19H,9-17H2,1-2H3,(H,23,25);1H. The van der Waals surface area contributed by atoms with E-state index >= 15 is 0 Å². The zero-order valence-corrected chi connectivity index (χ0v) is 20.7. The minimum absolute atomic E-state index is 0. The van der Waals surface area contributed by atoms with Gasteiger partial charge in [-0.2, -0.15) is 0 Å². The third kappa shape index (κ3) is 6.11. The van der Waals surface area contributed by atoms with Crippen molar-refractivity contribution in [3.05, 3.63) is 48.0 Å². The number of halogens is 1. The van der Waals surface area contributed by atoms with E-state index in [1.807, 2.05) is 38.4 Å². The first kappa shape index (κ1) is 23.8. The molecule has 2 fully saturated rings. The van der Waals surface area contributed by atoms with Crippen molar-refractivity contribution in [3.8, 4) is 0 Å². The third-order valence-electron chi connectivity index (χ3n) is 5.79. The van der Waals surface area contributed by atoms with Crippen LogP contribution in [0.25, 0.3) is 0 Å². The van der Waals surface area contributed by atoms with Crippen LogP contribution in [0.3, 0.4) is 0 Å². The highest BCUT2D eigenvalue weighted by atomic mass is 127. The van der Waals surface area contributed by atoms with Crippen molar-refractivity contribution in [2.45, 2.75) is 13.0 Å². The molecule has 4 rings (SSSR count). The van der Waals surface area contributed by atoms with E-state index in [-0.39, 0.29) is 30.0 Å². The van der Waals surface area contributed by atoms with Crippen LogP contribution in [0.4, 0.5) is 5.82 Å². The first-order valence-corrected chi connectivity index (χ1v) is 10.7. The maximum absolute atomic E-state index is 5.98. The molecule has 0 aromatic carbocycles. The molecule has 170 valence electrons. The number of ether oxygens (including phenoxy) is 1. The van der Waals surface area contributed by atoms with E-state index < -0.39 is 0 Å². The van der Waals surface area contributed by atoms with Crippen molar-refractivity contribution in [1.82, 2.24) is 20.1 Å². The van der Waals surface area contributed by atoms with Crippen LogP contribution in [-0.2, 0) is 4.74 Å². The molecule has 9 heteroatoms. The molecule has 8 nitrogen and oxygen atoms in total. The van der Waals surface area contributed by atoms with Crippen LogP contribution >= 0.6 is 24.0 Å². The maximum Gasteiger partial charge on any atom is 0.193 e. The molecule has 2 saturated heterocycles. The number of rotatable bonds is 5. The summed E-state index contributed by atoms with van der Waals surface area (Å²) in [7, 11) is 1.86. The van der Waals surface area contributed by atoms with Crippen molar-refractivity contribution >= 4 is 35.8 Å². The Kier molecular flexibility index (Phi) is 8.97. The Labute approximate surface area is 201 Å². The first-order chi connectivity index (χ1) is 14.7. The number of hydrogen-bond acceptors (Lipinski definition) is 6. The van der Waals surface area contributed by atoms with Crippen LogP contribution in [0.2, 0.25) is 0 Å². The summed E-state index contributed by atoms with van der Waals surface area (Å²) in [5.74, 6) is 3.92. The number of nitrogens with one attached hydrogen (secondary N) is 1. The second-order valence-electron chi connectivity index (χ2n) is 7.70. The monoisotopic (exact) mass is 540 g/mol. The van der Waals surface area contributed by atoms with Crippen LogP contribution in [0.15, 0.2) is 45.9 Å². The molecule has 4 heterocycles. The molecule has 1 N–H and O–H groups in total. The maximum atomic E-state index is 5.98. The molecule has 0 aliphatic carbocycles. The van der Waals surface area contributed by atoms with Gasteiger partial charge in [0.05, 0.1) is 19.3 Å².